The van der Waals surface area contributed by atoms with E-state index in [9.17, 15) is 31.1 Å². The maximum Gasteiger partial charge on any atom is 0.419 e. The van der Waals surface area contributed by atoms with Crippen molar-refractivity contribution in [3.8, 4) is 0 Å². The SMILES string of the molecule is C[C@H]1CN(S(=O)(=O)c2ccc3c(c2)C(CO)CC3)CCN1c1ccc(C(F)(F)F)c(F)c1. The van der Waals surface area contributed by atoms with E-state index in [2.05, 4.69) is 0 Å². The van der Waals surface area contributed by atoms with Crippen LogP contribution in [-0.2, 0) is 22.6 Å². The van der Waals surface area contributed by atoms with Gasteiger partial charge in [-0.1, -0.05) is 6.07 Å². The summed E-state index contributed by atoms with van der Waals surface area (Å²) in [4.78, 5) is 1.87. The topological polar surface area (TPSA) is 60.9 Å². The van der Waals surface area contributed by atoms with E-state index < -0.39 is 27.6 Å². The minimum atomic E-state index is -4.77. The third-order valence-electron chi connectivity index (χ3n) is 6.36. The second-order valence-corrected chi connectivity index (χ2v) is 10.3. The van der Waals surface area contributed by atoms with Crippen molar-refractivity contribution in [2.45, 2.75) is 42.8 Å². The summed E-state index contributed by atoms with van der Waals surface area (Å²) < 4.78 is 80.3. The highest BCUT2D eigenvalue weighted by atomic mass is 32.2. The van der Waals surface area contributed by atoms with Crippen molar-refractivity contribution in [1.82, 2.24) is 4.31 Å². The number of halogens is 4. The molecule has 1 fully saturated rings. The summed E-state index contributed by atoms with van der Waals surface area (Å²) in [6.45, 7) is 2.17. The number of aliphatic hydroxyl groups is 1. The van der Waals surface area contributed by atoms with Crippen LogP contribution in [0.2, 0.25) is 0 Å². The van der Waals surface area contributed by atoms with Gasteiger partial charge in [-0.2, -0.15) is 17.5 Å². The maximum absolute atomic E-state index is 14.0. The zero-order valence-electron chi connectivity index (χ0n) is 17.4. The highest BCUT2D eigenvalue weighted by Crippen LogP contribution is 2.36. The van der Waals surface area contributed by atoms with Crippen molar-refractivity contribution in [1.29, 1.82) is 0 Å². The van der Waals surface area contributed by atoms with Gasteiger partial charge in [-0.25, -0.2) is 12.8 Å². The van der Waals surface area contributed by atoms with E-state index in [-0.39, 0.29) is 48.8 Å². The van der Waals surface area contributed by atoms with Crippen LogP contribution in [0.15, 0.2) is 41.3 Å². The molecule has 0 spiro atoms. The number of nitrogens with zero attached hydrogens (tertiary/aromatic N) is 2. The lowest BCUT2D eigenvalue weighted by Gasteiger charge is -2.40. The zero-order chi connectivity index (χ0) is 23.3. The molecule has 1 aliphatic heterocycles. The van der Waals surface area contributed by atoms with Crippen molar-refractivity contribution >= 4 is 15.7 Å². The van der Waals surface area contributed by atoms with Gasteiger partial charge in [-0.15, -0.1) is 0 Å². The number of rotatable bonds is 4. The molecule has 0 saturated carbocycles. The van der Waals surface area contributed by atoms with E-state index in [0.29, 0.717) is 6.07 Å². The van der Waals surface area contributed by atoms with Gasteiger partial charge in [-0.3, -0.25) is 0 Å². The number of aryl methyl sites for hydroxylation is 1. The minimum absolute atomic E-state index is 0.0318. The summed E-state index contributed by atoms with van der Waals surface area (Å²) in [5.41, 5.74) is 0.863. The Morgan fingerprint density at radius 3 is 2.50 bits per heavy atom. The highest BCUT2D eigenvalue weighted by molar-refractivity contribution is 7.89. The van der Waals surface area contributed by atoms with E-state index >= 15 is 0 Å². The van der Waals surface area contributed by atoms with Gasteiger partial charge >= 0.3 is 6.18 Å². The predicted molar refractivity (Wildman–Crippen MR) is 112 cm³/mol. The first kappa shape index (κ1) is 23.0. The lowest BCUT2D eigenvalue weighted by molar-refractivity contribution is -0.139. The van der Waals surface area contributed by atoms with Crippen molar-refractivity contribution in [2.24, 2.45) is 0 Å². The Morgan fingerprint density at radius 1 is 1.12 bits per heavy atom. The summed E-state index contributed by atoms with van der Waals surface area (Å²) in [6.07, 6.45) is -3.18. The van der Waals surface area contributed by atoms with Crippen molar-refractivity contribution in [2.75, 3.05) is 31.1 Å². The molecule has 32 heavy (non-hydrogen) atoms. The number of fused-ring (bicyclic) bond motifs is 1. The molecule has 4 rings (SSSR count). The first-order chi connectivity index (χ1) is 15.0. The van der Waals surface area contributed by atoms with Gasteiger partial charge in [0.1, 0.15) is 5.82 Å². The monoisotopic (exact) mass is 472 g/mol. The third-order valence-corrected chi connectivity index (χ3v) is 8.22. The normalized spacial score (nSPS) is 22.2. The van der Waals surface area contributed by atoms with Crippen molar-refractivity contribution in [3.05, 3.63) is 58.9 Å². The molecule has 0 bridgehead atoms. The van der Waals surface area contributed by atoms with Crippen molar-refractivity contribution < 1.29 is 31.1 Å². The molecule has 0 aromatic heterocycles. The Balaban J connectivity index is 1.53. The lowest BCUT2D eigenvalue weighted by atomic mass is 10.0. The van der Waals surface area contributed by atoms with Crippen LogP contribution < -0.4 is 4.90 Å². The third kappa shape index (κ3) is 4.11. The van der Waals surface area contributed by atoms with E-state index in [1.165, 1.54) is 10.4 Å². The number of sulfonamides is 1. The molecule has 2 aromatic carbocycles. The molecule has 2 aliphatic rings. The molecule has 10 heteroatoms. The average Bonchev–Trinajstić information content (AvgIpc) is 3.15. The molecule has 1 N–H and O–H groups in total. The van der Waals surface area contributed by atoms with Crippen LogP contribution in [0.4, 0.5) is 23.2 Å². The Labute approximate surface area is 184 Å². The van der Waals surface area contributed by atoms with Crippen LogP contribution in [0.1, 0.15) is 36.0 Å². The van der Waals surface area contributed by atoms with Gasteiger partial charge in [0.2, 0.25) is 10.0 Å². The quantitative estimate of drug-likeness (QED) is 0.689. The summed E-state index contributed by atoms with van der Waals surface area (Å²) >= 11 is 0. The minimum Gasteiger partial charge on any atom is -0.396 e. The zero-order valence-corrected chi connectivity index (χ0v) is 18.3. The van der Waals surface area contributed by atoms with Gasteiger partial charge in [0.05, 0.1) is 10.5 Å². The van der Waals surface area contributed by atoms with E-state index in [0.717, 1.165) is 30.0 Å². The molecule has 0 amide bonds. The molecule has 1 aliphatic carbocycles. The number of benzene rings is 2. The van der Waals surface area contributed by atoms with Gasteiger partial charge in [0.25, 0.3) is 0 Å². The van der Waals surface area contributed by atoms with Crippen LogP contribution in [-0.4, -0.2) is 50.1 Å². The van der Waals surface area contributed by atoms with Crippen molar-refractivity contribution in [3.63, 3.8) is 0 Å². The standard InChI is InChI=1S/C22H24F4N2O3S/c1-14-12-27(8-9-28(14)17-5-7-20(21(23)10-17)22(24,25)26)32(30,31)18-6-4-15-2-3-16(13-29)19(15)11-18/h4-7,10-11,14,16,29H,2-3,8-9,12-13H2,1H3/t14-,16?/m0/s1. The van der Waals surface area contributed by atoms with E-state index in [1.807, 2.05) is 0 Å². The molecule has 174 valence electrons. The van der Waals surface area contributed by atoms with Gasteiger partial charge in [-0.05, 0) is 61.2 Å². The first-order valence-electron chi connectivity index (χ1n) is 10.4. The molecule has 1 saturated heterocycles. The molecular weight excluding hydrogens is 448 g/mol. The Bertz CT molecular complexity index is 1120. The summed E-state index contributed by atoms with van der Waals surface area (Å²) in [5.74, 6) is -1.42. The van der Waals surface area contributed by atoms with E-state index in [4.69, 9.17) is 0 Å². The molecule has 1 heterocycles. The smallest absolute Gasteiger partial charge is 0.396 e. The second-order valence-electron chi connectivity index (χ2n) is 8.35. The summed E-state index contributed by atoms with van der Waals surface area (Å²) in [5, 5.41) is 9.55. The van der Waals surface area contributed by atoms with Crippen LogP contribution >= 0.6 is 0 Å². The van der Waals surface area contributed by atoms with E-state index in [1.54, 1.807) is 30.0 Å². The molecule has 2 atom stereocenters. The summed E-state index contributed by atoms with van der Waals surface area (Å²) in [6, 6.07) is 7.41. The van der Waals surface area contributed by atoms with Gasteiger partial charge < -0.3 is 10.0 Å². The molecule has 5 nitrogen and oxygen atoms in total. The van der Waals surface area contributed by atoms with Crippen LogP contribution in [0.5, 0.6) is 0 Å². The Hall–Kier alpha value is -2.17. The second kappa shape index (κ2) is 8.31. The number of alkyl halides is 3. The molecular formula is C22H24F4N2O3S. The number of hydrogen-bond donors (Lipinski definition) is 1. The predicted octanol–water partition coefficient (Wildman–Crippen LogP) is 3.77. The average molecular weight is 473 g/mol. The lowest BCUT2D eigenvalue weighted by Crippen LogP contribution is -2.53. The largest absolute Gasteiger partial charge is 0.419 e. The number of hydrogen-bond acceptors (Lipinski definition) is 4. The number of piperazine rings is 1. The fourth-order valence-corrected chi connectivity index (χ4v) is 6.15. The molecule has 0 radical (unpaired) electrons. The number of aliphatic hydroxyl groups excluding tert-OH is 1. The first-order valence-corrected chi connectivity index (χ1v) is 11.8. The fourth-order valence-electron chi connectivity index (χ4n) is 4.60. The van der Waals surface area contributed by atoms with Crippen LogP contribution in [0.3, 0.4) is 0 Å². The van der Waals surface area contributed by atoms with Crippen LogP contribution in [0.25, 0.3) is 0 Å². The van der Waals surface area contributed by atoms with Gasteiger partial charge in [0, 0.05) is 43.9 Å². The Kier molecular flexibility index (Phi) is 5.98. The number of anilines is 1. The summed E-state index contributed by atoms with van der Waals surface area (Å²) in [7, 11) is -3.79. The maximum atomic E-state index is 14.0. The molecule has 1 unspecified atom stereocenters. The van der Waals surface area contributed by atoms with Crippen LogP contribution in [0, 0.1) is 5.82 Å². The van der Waals surface area contributed by atoms with Gasteiger partial charge in [0.15, 0.2) is 0 Å². The Morgan fingerprint density at radius 2 is 1.88 bits per heavy atom. The molecule has 2 aromatic rings. The fraction of sp³-hybridized carbons (Fsp3) is 0.455. The highest BCUT2D eigenvalue weighted by Gasteiger charge is 2.36.